The van der Waals surface area contributed by atoms with Gasteiger partial charge in [0, 0.05) is 12.7 Å². The van der Waals surface area contributed by atoms with Gasteiger partial charge in [-0.25, -0.2) is 0 Å². The maximum atomic E-state index is 12.4. The number of benzene rings is 3. The Kier molecular flexibility index (Phi) is 6.80. The lowest BCUT2D eigenvalue weighted by Gasteiger charge is -2.21. The van der Waals surface area contributed by atoms with Crippen LogP contribution in [0.4, 0.5) is 5.69 Å². The summed E-state index contributed by atoms with van der Waals surface area (Å²) in [5.41, 5.74) is 1.58. The number of amides is 2. The molecule has 6 nitrogen and oxygen atoms in total. The van der Waals surface area contributed by atoms with E-state index in [9.17, 15) is 14.4 Å². The minimum atomic E-state index is -0.960. The van der Waals surface area contributed by atoms with Crippen LogP contribution < -0.4 is 10.2 Å². The van der Waals surface area contributed by atoms with E-state index in [0.717, 1.165) is 16.3 Å². The highest BCUT2D eigenvalue weighted by atomic mass is 16.5. The standard InChI is InChI=1S/C24H24N2O4/c1-17(24(29)26(2)20-12-4-3-5-13-20)30-23(28)16-25-22(27)15-19-11-8-10-18-9-6-7-14-21(18)19/h3-14,17H,15-16H2,1-2H3,(H,25,27)/t17-/m1/s1. The Balaban J connectivity index is 1.50. The van der Waals surface area contributed by atoms with Crippen LogP contribution in [0.15, 0.2) is 72.8 Å². The molecular weight excluding hydrogens is 380 g/mol. The molecule has 0 unspecified atom stereocenters. The number of anilines is 1. The number of likely N-dealkylation sites (N-methyl/N-ethyl adjacent to an activating group) is 1. The average molecular weight is 404 g/mol. The molecule has 0 bridgehead atoms. The van der Waals surface area contributed by atoms with Crippen molar-refractivity contribution in [3.05, 3.63) is 78.4 Å². The number of carbonyl (C=O) groups is 3. The first-order valence-electron chi connectivity index (χ1n) is 9.71. The highest BCUT2D eigenvalue weighted by Crippen LogP contribution is 2.18. The van der Waals surface area contributed by atoms with E-state index in [0.29, 0.717) is 5.69 Å². The van der Waals surface area contributed by atoms with Crippen LogP contribution in [0.5, 0.6) is 0 Å². The number of nitrogens with zero attached hydrogens (tertiary/aromatic N) is 1. The Morgan fingerprint density at radius 3 is 2.37 bits per heavy atom. The third kappa shape index (κ3) is 5.23. The summed E-state index contributed by atoms with van der Waals surface area (Å²) in [6.45, 7) is 1.22. The second-order valence-corrected chi connectivity index (χ2v) is 6.96. The number of ether oxygens (including phenoxy) is 1. The molecule has 3 rings (SSSR count). The highest BCUT2D eigenvalue weighted by Gasteiger charge is 2.22. The summed E-state index contributed by atoms with van der Waals surface area (Å²) in [7, 11) is 1.62. The zero-order valence-corrected chi connectivity index (χ0v) is 17.0. The first-order valence-corrected chi connectivity index (χ1v) is 9.71. The molecule has 0 spiro atoms. The number of para-hydroxylation sites is 1. The third-order valence-corrected chi connectivity index (χ3v) is 4.79. The monoisotopic (exact) mass is 404 g/mol. The topological polar surface area (TPSA) is 75.7 Å². The summed E-state index contributed by atoms with van der Waals surface area (Å²) < 4.78 is 5.18. The number of rotatable bonds is 7. The summed E-state index contributed by atoms with van der Waals surface area (Å²) >= 11 is 0. The van der Waals surface area contributed by atoms with Gasteiger partial charge in [0.1, 0.15) is 6.54 Å². The lowest BCUT2D eigenvalue weighted by molar-refractivity contribution is -0.153. The van der Waals surface area contributed by atoms with Gasteiger partial charge in [0.2, 0.25) is 5.91 Å². The summed E-state index contributed by atoms with van der Waals surface area (Å²) in [5, 5.41) is 4.62. The van der Waals surface area contributed by atoms with E-state index < -0.39 is 12.1 Å². The van der Waals surface area contributed by atoms with E-state index >= 15 is 0 Å². The summed E-state index contributed by atoms with van der Waals surface area (Å²) in [6, 6.07) is 22.7. The normalized spacial score (nSPS) is 11.5. The fourth-order valence-corrected chi connectivity index (χ4v) is 3.19. The number of carbonyl (C=O) groups excluding carboxylic acids is 3. The second kappa shape index (κ2) is 9.69. The van der Waals surface area contributed by atoms with Gasteiger partial charge in [-0.2, -0.15) is 0 Å². The molecule has 3 aromatic carbocycles. The maximum absolute atomic E-state index is 12.4. The molecule has 2 amide bonds. The molecule has 0 heterocycles. The van der Waals surface area contributed by atoms with Gasteiger partial charge in [0.25, 0.3) is 5.91 Å². The Morgan fingerprint density at radius 2 is 1.60 bits per heavy atom. The van der Waals surface area contributed by atoms with Crippen molar-refractivity contribution in [2.24, 2.45) is 0 Å². The Bertz CT molecular complexity index is 1040. The minimum Gasteiger partial charge on any atom is -0.451 e. The molecule has 0 saturated heterocycles. The van der Waals surface area contributed by atoms with Crippen molar-refractivity contribution < 1.29 is 19.1 Å². The predicted molar refractivity (Wildman–Crippen MR) is 116 cm³/mol. The van der Waals surface area contributed by atoms with E-state index in [1.54, 1.807) is 19.2 Å². The molecule has 30 heavy (non-hydrogen) atoms. The molecule has 3 aromatic rings. The molecule has 0 fully saturated rings. The lowest BCUT2D eigenvalue weighted by Crippen LogP contribution is -2.40. The van der Waals surface area contributed by atoms with E-state index in [-0.39, 0.29) is 24.8 Å². The van der Waals surface area contributed by atoms with Gasteiger partial charge in [0.05, 0.1) is 6.42 Å². The number of esters is 1. The fourth-order valence-electron chi connectivity index (χ4n) is 3.19. The van der Waals surface area contributed by atoms with Gasteiger partial charge >= 0.3 is 5.97 Å². The van der Waals surface area contributed by atoms with Crippen molar-refractivity contribution in [2.45, 2.75) is 19.4 Å². The molecule has 0 aliphatic rings. The second-order valence-electron chi connectivity index (χ2n) is 6.96. The molecular formula is C24H24N2O4. The maximum Gasteiger partial charge on any atom is 0.326 e. The van der Waals surface area contributed by atoms with Crippen molar-refractivity contribution in [2.75, 3.05) is 18.5 Å². The van der Waals surface area contributed by atoms with Crippen LogP contribution in [0, 0.1) is 0 Å². The van der Waals surface area contributed by atoms with Crippen LogP contribution >= 0.6 is 0 Å². The minimum absolute atomic E-state index is 0.153. The van der Waals surface area contributed by atoms with Crippen LogP contribution in [0.3, 0.4) is 0 Å². The molecule has 0 saturated carbocycles. The fraction of sp³-hybridized carbons (Fsp3) is 0.208. The van der Waals surface area contributed by atoms with Crippen molar-refractivity contribution in [3.63, 3.8) is 0 Å². The number of hydrogen-bond acceptors (Lipinski definition) is 4. The third-order valence-electron chi connectivity index (χ3n) is 4.79. The average Bonchev–Trinajstić information content (AvgIpc) is 2.77. The largest absolute Gasteiger partial charge is 0.451 e. The van der Waals surface area contributed by atoms with Gasteiger partial charge in [-0.3, -0.25) is 14.4 Å². The molecule has 0 aliphatic heterocycles. The van der Waals surface area contributed by atoms with Gasteiger partial charge in [-0.15, -0.1) is 0 Å². The summed E-state index contributed by atoms with van der Waals surface area (Å²) in [4.78, 5) is 38.2. The zero-order valence-electron chi connectivity index (χ0n) is 17.0. The van der Waals surface area contributed by atoms with Crippen LogP contribution in [0.2, 0.25) is 0 Å². The van der Waals surface area contributed by atoms with Crippen molar-refractivity contribution >= 4 is 34.2 Å². The highest BCUT2D eigenvalue weighted by molar-refractivity contribution is 5.97. The van der Waals surface area contributed by atoms with Gasteiger partial charge < -0.3 is 15.0 Å². The van der Waals surface area contributed by atoms with Gasteiger partial charge in [0.15, 0.2) is 6.10 Å². The van der Waals surface area contributed by atoms with E-state index in [1.165, 1.54) is 11.8 Å². The number of nitrogens with one attached hydrogen (secondary N) is 1. The molecule has 6 heteroatoms. The summed E-state index contributed by atoms with van der Waals surface area (Å²) in [5.74, 6) is -1.30. The quantitative estimate of drug-likeness (QED) is 0.614. The molecule has 0 radical (unpaired) electrons. The molecule has 0 aliphatic carbocycles. The Labute approximate surface area is 175 Å². The Morgan fingerprint density at radius 1 is 0.933 bits per heavy atom. The van der Waals surface area contributed by atoms with E-state index in [2.05, 4.69) is 5.32 Å². The van der Waals surface area contributed by atoms with Crippen molar-refractivity contribution in [1.82, 2.24) is 5.32 Å². The lowest BCUT2D eigenvalue weighted by atomic mass is 10.0. The molecule has 1 atom stereocenters. The van der Waals surface area contributed by atoms with Crippen LogP contribution in [-0.4, -0.2) is 37.5 Å². The molecule has 0 aromatic heterocycles. The van der Waals surface area contributed by atoms with Crippen LogP contribution in [0.1, 0.15) is 12.5 Å². The van der Waals surface area contributed by atoms with Crippen molar-refractivity contribution in [1.29, 1.82) is 0 Å². The predicted octanol–water partition coefficient (Wildman–Crippen LogP) is 3.09. The molecule has 1 N–H and O–H groups in total. The van der Waals surface area contributed by atoms with Crippen molar-refractivity contribution in [3.8, 4) is 0 Å². The number of fused-ring (bicyclic) bond motifs is 1. The van der Waals surface area contributed by atoms with Crippen LogP contribution in [0.25, 0.3) is 10.8 Å². The van der Waals surface area contributed by atoms with E-state index in [1.807, 2.05) is 60.7 Å². The molecule has 154 valence electrons. The first kappa shape index (κ1) is 21.0. The smallest absolute Gasteiger partial charge is 0.326 e. The van der Waals surface area contributed by atoms with Crippen LogP contribution in [-0.2, 0) is 25.5 Å². The number of hydrogen-bond donors (Lipinski definition) is 1. The first-order chi connectivity index (χ1) is 14.5. The zero-order chi connectivity index (χ0) is 21.5. The van der Waals surface area contributed by atoms with Gasteiger partial charge in [-0.1, -0.05) is 60.7 Å². The van der Waals surface area contributed by atoms with Gasteiger partial charge in [-0.05, 0) is 35.4 Å². The Hall–Kier alpha value is -3.67. The SMILES string of the molecule is C[C@@H](OC(=O)CNC(=O)Cc1cccc2ccccc12)C(=O)N(C)c1ccccc1. The van der Waals surface area contributed by atoms with E-state index in [4.69, 9.17) is 4.74 Å². The summed E-state index contributed by atoms with van der Waals surface area (Å²) in [6.07, 6.45) is -0.808.